The molecule has 5 heteroatoms. The minimum absolute atomic E-state index is 0.909. The van der Waals surface area contributed by atoms with Crippen LogP contribution >= 0.6 is 15.9 Å². The topological polar surface area (TPSA) is 41.6 Å². The second-order valence-electron chi connectivity index (χ2n) is 25.0. The molecule has 0 unspecified atom stereocenters. The van der Waals surface area contributed by atoms with Crippen LogP contribution in [-0.2, 0) is 0 Å². The van der Waals surface area contributed by atoms with E-state index in [1.165, 1.54) is 55.6 Å². The number of anilines is 5. The van der Waals surface area contributed by atoms with Crippen molar-refractivity contribution in [1.82, 2.24) is 0 Å². The van der Waals surface area contributed by atoms with E-state index in [0.717, 1.165) is 110 Å². The number of benzene rings is 16. The fourth-order valence-corrected chi connectivity index (χ4v) is 13.9. The molecule has 16 aromatic carbocycles. The number of fused-ring (bicyclic) bond motifs is 6. The quantitative estimate of drug-likeness (QED) is 0.125. The van der Waals surface area contributed by atoms with Crippen molar-refractivity contribution in [3.8, 4) is 89.0 Å². The van der Waals surface area contributed by atoms with E-state index in [-0.39, 0.29) is 0 Å². The molecule has 0 amide bonds. The van der Waals surface area contributed by atoms with Gasteiger partial charge in [0.1, 0.15) is 22.3 Å². The van der Waals surface area contributed by atoms with E-state index < -0.39 is 0 Å². The fraction of sp³-hybridized carbons (Fsp3) is 0. The van der Waals surface area contributed by atoms with Gasteiger partial charge in [-0.05, 0) is 175 Å². The van der Waals surface area contributed by atoms with Crippen LogP contribution in [0.25, 0.3) is 133 Å². The molecule has 0 aliphatic carbocycles. The van der Waals surface area contributed by atoms with E-state index in [4.69, 9.17) is 8.83 Å². The normalized spacial score (nSPS) is 11.0. The average Bonchev–Trinajstić information content (AvgIpc) is 1.65. The van der Waals surface area contributed by atoms with Crippen LogP contribution in [0.15, 0.2) is 414 Å². The lowest BCUT2D eigenvalue weighted by molar-refractivity contribution is 0.669. The zero-order valence-corrected chi connectivity index (χ0v) is 56.8. The van der Waals surface area contributed by atoms with Crippen LogP contribution in [0, 0.1) is 0 Å². The Hall–Kier alpha value is -12.8. The summed E-state index contributed by atoms with van der Waals surface area (Å²) in [5, 5.41) is 8.09. The van der Waals surface area contributed by atoms with Crippen LogP contribution in [0.1, 0.15) is 0 Å². The van der Waals surface area contributed by atoms with Gasteiger partial charge in [-0.15, -0.1) is 0 Å². The molecule has 18 rings (SSSR count). The Morgan fingerprint density at radius 1 is 0.208 bits per heavy atom. The molecule has 18 aromatic rings. The second kappa shape index (κ2) is 29.1. The van der Waals surface area contributed by atoms with Crippen LogP contribution < -0.4 is 10.2 Å². The maximum atomic E-state index is 6.40. The minimum atomic E-state index is 0.909. The maximum Gasteiger partial charge on any atom is 0.143 e. The Balaban J connectivity index is 0.000000130. The minimum Gasteiger partial charge on any atom is -0.455 e. The molecule has 0 atom stereocenters. The predicted molar refractivity (Wildman–Crippen MR) is 429 cm³/mol. The second-order valence-corrected chi connectivity index (χ2v) is 25.9. The van der Waals surface area contributed by atoms with Crippen molar-refractivity contribution in [3.05, 3.63) is 405 Å². The largest absolute Gasteiger partial charge is 0.455 e. The number of hydrogen-bond acceptors (Lipinski definition) is 4. The average molecular weight is 1360 g/mol. The number of halogens is 1. The smallest absolute Gasteiger partial charge is 0.143 e. The summed E-state index contributed by atoms with van der Waals surface area (Å²) in [5.41, 5.74) is 28.0. The first-order valence-electron chi connectivity index (χ1n) is 34.0. The molecule has 2 heterocycles. The molecule has 0 aliphatic heterocycles. The van der Waals surface area contributed by atoms with E-state index in [0.29, 0.717) is 0 Å². The highest BCUT2D eigenvalue weighted by Gasteiger charge is 2.18. The number of hydrogen-bond donors (Lipinski definition) is 1. The molecule has 0 spiro atoms. The summed E-state index contributed by atoms with van der Waals surface area (Å²) in [6.07, 6.45) is 0. The summed E-state index contributed by atoms with van der Waals surface area (Å²) in [7, 11) is 0. The summed E-state index contributed by atoms with van der Waals surface area (Å²) in [4.78, 5) is 2.35. The molecule has 0 bridgehead atoms. The van der Waals surface area contributed by atoms with Gasteiger partial charge < -0.3 is 19.1 Å². The molecular weight excluding hydrogens is 1290 g/mol. The monoisotopic (exact) mass is 1360 g/mol. The van der Waals surface area contributed by atoms with Crippen molar-refractivity contribution in [2.24, 2.45) is 0 Å². The lowest BCUT2D eigenvalue weighted by Crippen LogP contribution is -2.10. The van der Waals surface area contributed by atoms with Crippen molar-refractivity contribution >= 4 is 88.2 Å². The van der Waals surface area contributed by atoms with Crippen molar-refractivity contribution in [1.29, 1.82) is 0 Å². The highest BCUT2D eigenvalue weighted by molar-refractivity contribution is 9.10. The molecule has 0 saturated carbocycles. The van der Waals surface area contributed by atoms with Crippen LogP contribution in [0.2, 0.25) is 0 Å². The molecule has 101 heavy (non-hydrogen) atoms. The molecule has 4 nitrogen and oxygen atoms in total. The van der Waals surface area contributed by atoms with Crippen molar-refractivity contribution in [2.75, 3.05) is 10.2 Å². The van der Waals surface area contributed by atoms with Crippen LogP contribution in [0.4, 0.5) is 28.4 Å². The van der Waals surface area contributed by atoms with E-state index >= 15 is 0 Å². The molecule has 480 valence electrons. The Labute approximate surface area is 597 Å². The van der Waals surface area contributed by atoms with Crippen molar-refractivity contribution < 1.29 is 8.83 Å². The van der Waals surface area contributed by atoms with Gasteiger partial charge in [-0.3, -0.25) is 0 Å². The molecule has 0 fully saturated rings. The predicted octanol–water partition coefficient (Wildman–Crippen LogP) is 28.2. The van der Waals surface area contributed by atoms with Gasteiger partial charge in [0.2, 0.25) is 0 Å². The lowest BCUT2D eigenvalue weighted by atomic mass is 9.97. The van der Waals surface area contributed by atoms with E-state index in [2.05, 4.69) is 384 Å². The van der Waals surface area contributed by atoms with Crippen molar-refractivity contribution in [3.63, 3.8) is 0 Å². The number of nitrogens with zero attached hydrogens (tertiary/aromatic N) is 1. The maximum absolute atomic E-state index is 6.40. The summed E-state index contributed by atoms with van der Waals surface area (Å²) >= 11 is 3.56. The number of nitrogens with one attached hydrogen (secondary N) is 1. The summed E-state index contributed by atoms with van der Waals surface area (Å²) in [5.74, 6) is 0. The van der Waals surface area contributed by atoms with Gasteiger partial charge >= 0.3 is 0 Å². The third kappa shape index (κ3) is 13.9. The van der Waals surface area contributed by atoms with E-state index in [9.17, 15) is 0 Å². The SMILES string of the molecule is Brc1cccc(-c2cccc(-c3cccc4c3oc3ccccc34)c2)c1.c1ccc(-c2ccc(N(c3cccc(-c4ccccc4)c3)c3cccc(-c4cccc(-c5cccc6c5oc5ccccc56)c4)c3)cc2)cc1.c1ccc(-c2ccc(Nc3cccc(-c4ccccc4)c3)cc2)cc1. The van der Waals surface area contributed by atoms with Crippen LogP contribution in [-0.4, -0.2) is 0 Å². The third-order valence-electron chi connectivity index (χ3n) is 18.4. The fourth-order valence-electron chi connectivity index (χ4n) is 13.5. The van der Waals surface area contributed by atoms with Gasteiger partial charge in [0.05, 0.1) is 0 Å². The summed E-state index contributed by atoms with van der Waals surface area (Å²) in [6.45, 7) is 0. The highest BCUT2D eigenvalue weighted by atomic mass is 79.9. The van der Waals surface area contributed by atoms with E-state index in [1.807, 2.05) is 42.5 Å². The molecule has 0 radical (unpaired) electrons. The van der Waals surface area contributed by atoms with Gasteiger partial charge in [0.25, 0.3) is 0 Å². The zero-order chi connectivity index (χ0) is 67.7. The molecule has 0 aliphatic rings. The molecular formula is C96H67BrN2O2. The lowest BCUT2D eigenvalue weighted by Gasteiger charge is -2.27. The van der Waals surface area contributed by atoms with Gasteiger partial charge in [-0.2, -0.15) is 0 Å². The van der Waals surface area contributed by atoms with Crippen LogP contribution in [0.5, 0.6) is 0 Å². The van der Waals surface area contributed by atoms with Gasteiger partial charge in [-0.25, -0.2) is 0 Å². The standard InChI is InChI=1S/C48H33NO.C24H15BrO.C24H19N/c1-3-13-34(14-4-1)36-27-29-41(30-28-36)49(42-21-10-18-38(32-42)35-15-5-2-6-16-35)43-22-11-19-39(33-43)37-17-9-20-40(31-37)44-24-12-25-46-45-23-7-8-26-47(45)50-48(44)46;25-19-9-4-7-17(15-19)16-6-3-8-18(14-16)20-11-5-12-22-21-10-1-2-13-23(21)26-24(20)22;1-3-8-19(9-4-1)21-14-16-23(17-15-21)25-24-13-7-12-22(18-24)20-10-5-2-6-11-20/h1-33H;1-15H;1-18,25H. The Bertz CT molecular complexity index is 5870. The van der Waals surface area contributed by atoms with Crippen LogP contribution in [0.3, 0.4) is 0 Å². The number of furan rings is 2. The van der Waals surface area contributed by atoms with Gasteiger partial charge in [-0.1, -0.05) is 319 Å². The third-order valence-corrected chi connectivity index (χ3v) is 18.9. The first-order chi connectivity index (χ1) is 50.0. The summed E-state index contributed by atoms with van der Waals surface area (Å²) < 4.78 is 13.7. The Kier molecular flexibility index (Phi) is 18.1. The summed E-state index contributed by atoms with van der Waals surface area (Å²) in [6, 6.07) is 141. The zero-order valence-electron chi connectivity index (χ0n) is 55.2. The Morgan fingerprint density at radius 3 is 1.01 bits per heavy atom. The first kappa shape index (κ1) is 63.0. The Morgan fingerprint density at radius 2 is 0.535 bits per heavy atom. The van der Waals surface area contributed by atoms with Crippen molar-refractivity contribution in [2.45, 2.75) is 0 Å². The van der Waals surface area contributed by atoms with Gasteiger partial charge in [0, 0.05) is 65.6 Å². The number of rotatable bonds is 13. The first-order valence-corrected chi connectivity index (χ1v) is 34.8. The molecule has 2 aromatic heterocycles. The molecule has 1 N–H and O–H groups in total. The highest BCUT2D eigenvalue weighted by Crippen LogP contribution is 2.43. The number of para-hydroxylation sites is 4. The molecule has 0 saturated heterocycles. The van der Waals surface area contributed by atoms with E-state index in [1.54, 1.807) is 0 Å². The van der Waals surface area contributed by atoms with Gasteiger partial charge in [0.15, 0.2) is 0 Å².